The van der Waals surface area contributed by atoms with Crippen LogP contribution in [0.5, 0.6) is 17.2 Å². The summed E-state index contributed by atoms with van der Waals surface area (Å²) < 4.78 is 20.7. The van der Waals surface area contributed by atoms with E-state index in [0.29, 0.717) is 39.6 Å². The minimum atomic E-state index is -0.373. The molecule has 0 saturated carbocycles. The Hall–Kier alpha value is -3.22. The van der Waals surface area contributed by atoms with Crippen LogP contribution in [-0.2, 0) is 6.42 Å². The summed E-state index contributed by atoms with van der Waals surface area (Å²) in [5.74, 6) is 0.529. The van der Waals surface area contributed by atoms with Gasteiger partial charge in [0.2, 0.25) is 5.78 Å². The maximum atomic E-state index is 13.8. The fraction of sp³-hybridized carbons (Fsp3) is 0.160. The van der Waals surface area contributed by atoms with Crippen molar-refractivity contribution in [1.82, 2.24) is 0 Å². The second-order valence-corrected chi connectivity index (χ2v) is 8.52. The van der Waals surface area contributed by atoms with Crippen LogP contribution in [0.3, 0.4) is 0 Å². The normalized spacial score (nSPS) is 11.1. The first-order valence-electron chi connectivity index (χ1n) is 9.91. The highest BCUT2D eigenvalue weighted by molar-refractivity contribution is 7.21. The Morgan fingerprint density at radius 3 is 2.39 bits per heavy atom. The van der Waals surface area contributed by atoms with Crippen LogP contribution in [0.2, 0.25) is 0 Å². The largest absolute Gasteiger partial charge is 0.508 e. The zero-order valence-corrected chi connectivity index (χ0v) is 18.1. The zero-order chi connectivity index (χ0) is 22.1. The molecule has 0 saturated heterocycles. The average molecular weight is 436 g/mol. The third-order valence-corrected chi connectivity index (χ3v) is 6.27. The third kappa shape index (κ3) is 4.17. The minimum Gasteiger partial charge on any atom is -0.508 e. The number of rotatable bonds is 6. The molecule has 0 bridgehead atoms. The van der Waals surface area contributed by atoms with Crippen molar-refractivity contribution in [1.29, 1.82) is 0 Å². The molecule has 0 radical (unpaired) electrons. The second-order valence-electron chi connectivity index (χ2n) is 7.47. The van der Waals surface area contributed by atoms with E-state index in [1.54, 1.807) is 32.0 Å². The van der Waals surface area contributed by atoms with E-state index in [2.05, 4.69) is 0 Å². The Morgan fingerprint density at radius 2 is 1.74 bits per heavy atom. The molecule has 158 valence electrons. The van der Waals surface area contributed by atoms with Crippen LogP contribution >= 0.6 is 11.3 Å². The SMILES string of the molecule is Cc1cc(F)cc(C)c1C(=O)c1sc2cc(O)ccc2c1Oc1ccc(CCN)cc1. The average Bonchev–Trinajstić information content (AvgIpc) is 3.06. The highest BCUT2D eigenvalue weighted by Gasteiger charge is 2.25. The molecule has 0 spiro atoms. The summed E-state index contributed by atoms with van der Waals surface area (Å²) in [5.41, 5.74) is 8.31. The van der Waals surface area contributed by atoms with Crippen molar-refractivity contribution in [3.8, 4) is 17.2 Å². The van der Waals surface area contributed by atoms with Gasteiger partial charge in [0, 0.05) is 15.6 Å². The highest BCUT2D eigenvalue weighted by Crippen LogP contribution is 2.43. The van der Waals surface area contributed by atoms with Crippen molar-refractivity contribution in [3.63, 3.8) is 0 Å². The van der Waals surface area contributed by atoms with Gasteiger partial charge in [-0.2, -0.15) is 0 Å². The van der Waals surface area contributed by atoms with E-state index < -0.39 is 0 Å². The first-order valence-corrected chi connectivity index (χ1v) is 10.7. The van der Waals surface area contributed by atoms with E-state index in [-0.39, 0.29) is 17.3 Å². The summed E-state index contributed by atoms with van der Waals surface area (Å²) in [6, 6.07) is 15.2. The summed E-state index contributed by atoms with van der Waals surface area (Å²) in [4.78, 5) is 13.9. The molecule has 4 nitrogen and oxygen atoms in total. The monoisotopic (exact) mass is 435 g/mol. The number of phenols is 1. The van der Waals surface area contributed by atoms with Gasteiger partial charge in [0.05, 0.1) is 0 Å². The van der Waals surface area contributed by atoms with Crippen LogP contribution < -0.4 is 10.5 Å². The number of halogens is 1. The van der Waals surface area contributed by atoms with E-state index in [0.717, 1.165) is 22.1 Å². The lowest BCUT2D eigenvalue weighted by molar-refractivity contribution is 0.103. The van der Waals surface area contributed by atoms with Gasteiger partial charge in [-0.1, -0.05) is 12.1 Å². The molecule has 1 heterocycles. The smallest absolute Gasteiger partial charge is 0.207 e. The number of fused-ring (bicyclic) bond motifs is 1. The number of benzene rings is 3. The number of hydrogen-bond acceptors (Lipinski definition) is 5. The Balaban J connectivity index is 1.83. The molecule has 0 unspecified atom stereocenters. The van der Waals surface area contributed by atoms with Crippen LogP contribution in [0.15, 0.2) is 54.6 Å². The second kappa shape index (κ2) is 8.49. The van der Waals surface area contributed by atoms with Crippen molar-refractivity contribution < 1.29 is 19.0 Å². The van der Waals surface area contributed by atoms with Crippen molar-refractivity contribution in [2.75, 3.05) is 6.54 Å². The van der Waals surface area contributed by atoms with E-state index in [9.17, 15) is 14.3 Å². The minimum absolute atomic E-state index is 0.111. The fourth-order valence-corrected chi connectivity index (χ4v) is 4.81. The number of hydrogen-bond donors (Lipinski definition) is 2. The van der Waals surface area contributed by atoms with Gasteiger partial charge in [0.15, 0.2) is 5.75 Å². The van der Waals surface area contributed by atoms with Gasteiger partial charge in [-0.25, -0.2) is 4.39 Å². The molecule has 3 aromatic carbocycles. The van der Waals surface area contributed by atoms with Crippen molar-refractivity contribution in [3.05, 3.63) is 87.5 Å². The first kappa shape index (κ1) is 21.0. The molecule has 0 fully saturated rings. The van der Waals surface area contributed by atoms with E-state index >= 15 is 0 Å². The Kier molecular flexibility index (Phi) is 5.76. The van der Waals surface area contributed by atoms with E-state index in [1.807, 2.05) is 24.3 Å². The maximum absolute atomic E-state index is 13.8. The molecule has 0 atom stereocenters. The Labute approximate surface area is 183 Å². The van der Waals surface area contributed by atoms with E-state index in [4.69, 9.17) is 10.5 Å². The summed E-state index contributed by atoms with van der Waals surface area (Å²) in [7, 11) is 0. The van der Waals surface area contributed by atoms with Crippen molar-refractivity contribution in [2.24, 2.45) is 5.73 Å². The lowest BCUT2D eigenvalue weighted by Gasteiger charge is -2.11. The predicted molar refractivity (Wildman–Crippen MR) is 122 cm³/mol. The third-order valence-electron chi connectivity index (χ3n) is 5.14. The number of aromatic hydroxyl groups is 1. The van der Waals surface area contributed by atoms with Gasteiger partial charge >= 0.3 is 0 Å². The molecule has 3 N–H and O–H groups in total. The lowest BCUT2D eigenvalue weighted by atomic mass is 9.97. The van der Waals surface area contributed by atoms with Crippen LogP contribution in [-0.4, -0.2) is 17.4 Å². The molecule has 0 aliphatic rings. The standard InChI is InChI=1S/C25H22FNO3S/c1-14-11-17(26)12-15(2)22(14)23(29)25-24(20-8-5-18(28)13-21(20)31-25)30-19-6-3-16(4-7-19)9-10-27/h3-8,11-13,28H,9-10,27H2,1-2H3. The number of nitrogens with two attached hydrogens (primary N) is 1. The molecule has 6 heteroatoms. The number of ether oxygens (including phenoxy) is 1. The van der Waals surface area contributed by atoms with E-state index in [1.165, 1.54) is 23.5 Å². The van der Waals surface area contributed by atoms with Gasteiger partial charge in [-0.05, 0) is 86.0 Å². The molecule has 1 aromatic heterocycles. The molecule has 4 rings (SSSR count). The molecule has 0 amide bonds. The number of thiophene rings is 1. The van der Waals surface area contributed by atoms with Gasteiger partial charge in [-0.15, -0.1) is 11.3 Å². The van der Waals surface area contributed by atoms with Crippen LogP contribution in [0.4, 0.5) is 4.39 Å². The maximum Gasteiger partial charge on any atom is 0.207 e. The quantitative estimate of drug-likeness (QED) is 0.371. The molecule has 0 aliphatic carbocycles. The van der Waals surface area contributed by atoms with Gasteiger partial charge in [0.1, 0.15) is 22.2 Å². The zero-order valence-electron chi connectivity index (χ0n) is 17.2. The molecular formula is C25H22FNO3S. The number of phenolic OH excluding ortho intramolecular Hbond substituents is 1. The van der Waals surface area contributed by atoms with Crippen LogP contribution in [0.25, 0.3) is 10.1 Å². The Bertz CT molecular complexity index is 1260. The molecular weight excluding hydrogens is 413 g/mol. The fourth-order valence-electron chi connectivity index (χ4n) is 3.70. The number of carbonyl (C=O) groups is 1. The summed E-state index contributed by atoms with van der Waals surface area (Å²) in [6.07, 6.45) is 0.772. The number of aryl methyl sites for hydroxylation is 2. The van der Waals surface area contributed by atoms with Crippen molar-refractivity contribution >= 4 is 27.2 Å². The lowest BCUT2D eigenvalue weighted by Crippen LogP contribution is -2.06. The van der Waals surface area contributed by atoms with Crippen LogP contribution in [0.1, 0.15) is 31.9 Å². The summed E-state index contributed by atoms with van der Waals surface area (Å²) in [6.45, 7) is 4.01. The number of carbonyl (C=O) groups excluding carboxylic acids is 1. The molecule has 0 aliphatic heterocycles. The van der Waals surface area contributed by atoms with Crippen molar-refractivity contribution in [2.45, 2.75) is 20.3 Å². The summed E-state index contributed by atoms with van der Waals surface area (Å²) in [5, 5.41) is 10.6. The molecule has 31 heavy (non-hydrogen) atoms. The molecule has 4 aromatic rings. The Morgan fingerprint density at radius 1 is 1.06 bits per heavy atom. The first-order chi connectivity index (χ1) is 14.9. The van der Waals surface area contributed by atoms with Gasteiger partial charge < -0.3 is 15.6 Å². The topological polar surface area (TPSA) is 72.5 Å². The highest BCUT2D eigenvalue weighted by atomic mass is 32.1. The number of ketones is 1. The van der Waals surface area contributed by atoms with Gasteiger partial charge in [0.25, 0.3) is 0 Å². The summed E-state index contributed by atoms with van der Waals surface area (Å²) >= 11 is 1.25. The van der Waals surface area contributed by atoms with Crippen LogP contribution in [0, 0.1) is 19.7 Å². The van der Waals surface area contributed by atoms with Gasteiger partial charge in [-0.3, -0.25) is 4.79 Å². The predicted octanol–water partition coefficient (Wildman–Crippen LogP) is 5.89.